The minimum Gasteiger partial charge on any atom is -0.507 e. The molecule has 5 atom stereocenters. The van der Waals surface area contributed by atoms with Crippen LogP contribution in [0.3, 0.4) is 0 Å². The molecule has 13 nitrogen and oxygen atoms in total. The van der Waals surface area contributed by atoms with Crippen LogP contribution in [0.1, 0.15) is 51.6 Å². The predicted octanol–water partition coefficient (Wildman–Crippen LogP) is 4.27. The van der Waals surface area contributed by atoms with Gasteiger partial charge in [-0.1, -0.05) is 67.6 Å². The highest BCUT2D eigenvalue weighted by atomic mass is 17.0. The number of phenols is 1. The summed E-state index contributed by atoms with van der Waals surface area (Å²) < 4.78 is 24.5. The van der Waals surface area contributed by atoms with Crippen LogP contribution in [0.5, 0.6) is 23.0 Å². The Balaban J connectivity index is 1.41. The van der Waals surface area contributed by atoms with Gasteiger partial charge in [-0.3, -0.25) is 14.4 Å². The standard InChI is InChI=1S/C36H33NO12/c1-2-17-36(35(42)21-46-33-29(39)20-45-34(33)35,47-24-13-15-26(28(38)18-24)31(40)22-9-5-3-6-10-22)48-25-14-16-27(30(19-25)49-37(43)44)32(41)23-11-7-4-8-12-23/h3-16,18-19,29,33-34,38-39,42H,2,17,20-21H2,1H3/t29-,33+,34-,35-,36?/m0/s1. The number of hydrogen-bond acceptors (Lipinski definition) is 12. The molecule has 0 saturated carbocycles. The van der Waals surface area contributed by atoms with Crippen molar-refractivity contribution in [1.29, 1.82) is 0 Å². The molecule has 2 aliphatic heterocycles. The molecule has 4 aromatic carbocycles. The Labute approximate surface area is 280 Å². The topological polar surface area (TPSA) is 184 Å². The molecule has 1 unspecified atom stereocenters. The molecule has 0 bridgehead atoms. The Morgan fingerprint density at radius 2 is 1.47 bits per heavy atom. The van der Waals surface area contributed by atoms with E-state index < -0.39 is 64.5 Å². The van der Waals surface area contributed by atoms with Crippen molar-refractivity contribution in [2.75, 3.05) is 13.2 Å². The molecule has 2 fully saturated rings. The van der Waals surface area contributed by atoms with Crippen molar-refractivity contribution >= 4 is 11.6 Å². The van der Waals surface area contributed by atoms with E-state index in [9.17, 15) is 35.0 Å². The molecular formula is C36H33NO12. The van der Waals surface area contributed by atoms with E-state index in [1.54, 1.807) is 67.6 Å². The monoisotopic (exact) mass is 671 g/mol. The third kappa shape index (κ3) is 6.44. The third-order valence-corrected chi connectivity index (χ3v) is 8.55. The zero-order valence-electron chi connectivity index (χ0n) is 26.3. The Kier molecular flexibility index (Phi) is 9.35. The zero-order chi connectivity index (χ0) is 34.8. The van der Waals surface area contributed by atoms with Gasteiger partial charge in [-0.25, -0.2) is 0 Å². The van der Waals surface area contributed by atoms with Crippen molar-refractivity contribution in [1.82, 2.24) is 0 Å². The normalized spacial score (nSPS) is 22.5. The fourth-order valence-electron chi connectivity index (χ4n) is 6.23. The number of nitrogens with zero attached hydrogens (tertiary/aromatic N) is 1. The highest BCUT2D eigenvalue weighted by Gasteiger charge is 2.68. The second-order valence-corrected chi connectivity index (χ2v) is 11.8. The highest BCUT2D eigenvalue weighted by molar-refractivity contribution is 6.11. The molecule has 2 saturated heterocycles. The Bertz CT molecular complexity index is 1850. The molecule has 6 rings (SSSR count). The summed E-state index contributed by atoms with van der Waals surface area (Å²) in [6.45, 7) is 1.26. The summed E-state index contributed by atoms with van der Waals surface area (Å²) in [6, 6.07) is 24.3. The number of aromatic hydroxyl groups is 1. The van der Waals surface area contributed by atoms with Crippen LogP contribution in [-0.2, 0) is 9.47 Å². The number of hydrogen-bond donors (Lipinski definition) is 3. The smallest absolute Gasteiger partial charge is 0.299 e. The molecule has 0 radical (unpaired) electrons. The van der Waals surface area contributed by atoms with Gasteiger partial charge in [0.1, 0.15) is 41.3 Å². The number of phenolic OH excluding ortho intramolecular Hbond substituents is 1. The number of aliphatic hydroxyl groups excluding tert-OH is 1. The Morgan fingerprint density at radius 1 is 0.898 bits per heavy atom. The van der Waals surface area contributed by atoms with E-state index in [4.69, 9.17) is 23.8 Å². The maximum Gasteiger partial charge on any atom is 0.299 e. The molecule has 2 heterocycles. The van der Waals surface area contributed by atoms with Gasteiger partial charge in [0.05, 0.1) is 24.3 Å². The van der Waals surface area contributed by atoms with Gasteiger partial charge in [0.25, 0.3) is 10.9 Å². The molecule has 0 spiro atoms. The number of ether oxygens (including phenoxy) is 4. The summed E-state index contributed by atoms with van der Waals surface area (Å²) in [5.41, 5.74) is -1.58. The lowest BCUT2D eigenvalue weighted by Gasteiger charge is -2.45. The summed E-state index contributed by atoms with van der Waals surface area (Å²) in [5.74, 6) is -3.98. The van der Waals surface area contributed by atoms with Crippen molar-refractivity contribution in [3.63, 3.8) is 0 Å². The first-order valence-corrected chi connectivity index (χ1v) is 15.6. The SMILES string of the molecule is CCCC(Oc1ccc(C(=O)c2ccccc2)c(O)c1)(Oc1ccc(C(=O)c2ccccc2)c(O[N+](=O)[O-])c1)[C@]1(O)CO[C@@H]2[C@@H](O)CO[C@@H]21. The number of carbonyl (C=O) groups is 2. The van der Waals surface area contributed by atoms with Crippen LogP contribution in [0.25, 0.3) is 0 Å². The average Bonchev–Trinajstić information content (AvgIpc) is 3.65. The van der Waals surface area contributed by atoms with Gasteiger partial charge in [-0.05, 0) is 30.7 Å². The van der Waals surface area contributed by atoms with E-state index in [2.05, 4.69) is 0 Å². The second kappa shape index (κ2) is 13.6. The summed E-state index contributed by atoms with van der Waals surface area (Å²) in [5, 5.41) is 44.3. The molecule has 0 aromatic heterocycles. The van der Waals surface area contributed by atoms with Crippen molar-refractivity contribution in [2.24, 2.45) is 0 Å². The van der Waals surface area contributed by atoms with Crippen LogP contribution in [0.4, 0.5) is 0 Å². The third-order valence-electron chi connectivity index (χ3n) is 8.55. The Hall–Kier alpha value is -5.34. The van der Waals surface area contributed by atoms with Gasteiger partial charge in [0.15, 0.2) is 17.2 Å². The van der Waals surface area contributed by atoms with Crippen LogP contribution in [0.2, 0.25) is 0 Å². The minimum atomic E-state index is -2.10. The first-order chi connectivity index (χ1) is 23.5. The summed E-state index contributed by atoms with van der Waals surface area (Å²) in [6.07, 6.45) is -2.78. The lowest BCUT2D eigenvalue weighted by atomic mass is 9.83. The van der Waals surface area contributed by atoms with Gasteiger partial charge < -0.3 is 34.3 Å². The van der Waals surface area contributed by atoms with Crippen molar-refractivity contribution in [3.05, 3.63) is 129 Å². The molecule has 13 heteroatoms. The van der Waals surface area contributed by atoms with Gasteiger partial charge in [0, 0.05) is 29.7 Å². The summed E-state index contributed by atoms with van der Waals surface area (Å²) >= 11 is 0. The van der Waals surface area contributed by atoms with Gasteiger partial charge >= 0.3 is 0 Å². The highest BCUT2D eigenvalue weighted by Crippen LogP contribution is 2.47. The molecule has 254 valence electrons. The number of benzene rings is 4. The minimum absolute atomic E-state index is 0.00558. The molecular weight excluding hydrogens is 638 g/mol. The predicted molar refractivity (Wildman–Crippen MR) is 171 cm³/mol. The zero-order valence-corrected chi connectivity index (χ0v) is 26.3. The Morgan fingerprint density at radius 3 is 2.04 bits per heavy atom. The molecule has 0 aliphatic carbocycles. The van der Waals surface area contributed by atoms with Crippen molar-refractivity contribution in [2.45, 2.75) is 49.5 Å². The number of rotatable bonds is 13. The number of ketones is 2. The molecule has 4 aromatic rings. The molecule has 2 aliphatic rings. The maximum atomic E-state index is 13.3. The van der Waals surface area contributed by atoms with E-state index in [-0.39, 0.29) is 41.2 Å². The van der Waals surface area contributed by atoms with Gasteiger partial charge in [-0.15, -0.1) is 10.1 Å². The van der Waals surface area contributed by atoms with Crippen LogP contribution in [0, 0.1) is 10.1 Å². The van der Waals surface area contributed by atoms with Crippen molar-refractivity contribution < 1.29 is 53.8 Å². The first kappa shape index (κ1) is 33.6. The van der Waals surface area contributed by atoms with E-state index in [1.807, 2.05) is 0 Å². The van der Waals surface area contributed by atoms with Crippen LogP contribution < -0.4 is 14.3 Å². The molecule has 3 N–H and O–H groups in total. The average molecular weight is 672 g/mol. The summed E-state index contributed by atoms with van der Waals surface area (Å²) in [4.78, 5) is 42.7. The van der Waals surface area contributed by atoms with Crippen LogP contribution in [-0.4, -0.2) is 74.9 Å². The van der Waals surface area contributed by atoms with Crippen molar-refractivity contribution in [3.8, 4) is 23.0 Å². The van der Waals surface area contributed by atoms with Gasteiger partial charge in [0.2, 0.25) is 0 Å². The lowest BCUT2D eigenvalue weighted by Crippen LogP contribution is -2.67. The van der Waals surface area contributed by atoms with Crippen LogP contribution in [0.15, 0.2) is 97.1 Å². The number of carbonyl (C=O) groups excluding carboxylic acids is 2. The largest absolute Gasteiger partial charge is 0.507 e. The second-order valence-electron chi connectivity index (χ2n) is 11.8. The van der Waals surface area contributed by atoms with E-state index in [1.165, 1.54) is 30.3 Å². The van der Waals surface area contributed by atoms with E-state index in [0.717, 1.165) is 6.07 Å². The lowest BCUT2D eigenvalue weighted by molar-refractivity contribution is -0.711. The number of fused-ring (bicyclic) bond motifs is 1. The van der Waals surface area contributed by atoms with E-state index in [0.29, 0.717) is 12.0 Å². The quantitative estimate of drug-likeness (QED) is 0.0795. The van der Waals surface area contributed by atoms with E-state index >= 15 is 0 Å². The number of aliphatic hydroxyl groups is 2. The van der Waals surface area contributed by atoms with Gasteiger partial charge in [-0.2, -0.15) is 0 Å². The fourth-order valence-corrected chi connectivity index (χ4v) is 6.23. The summed E-state index contributed by atoms with van der Waals surface area (Å²) in [7, 11) is 0. The molecule has 49 heavy (non-hydrogen) atoms. The fraction of sp³-hybridized carbons (Fsp3) is 0.278. The van der Waals surface area contributed by atoms with Crippen LogP contribution >= 0.6 is 0 Å². The first-order valence-electron chi connectivity index (χ1n) is 15.6. The maximum absolute atomic E-state index is 13.3. The molecule has 0 amide bonds.